The SMILES string of the molecule is CN(CCCc1ccccc1)S(C)(=O)=O. The van der Waals surface area contributed by atoms with Crippen molar-refractivity contribution in [1.82, 2.24) is 4.31 Å². The van der Waals surface area contributed by atoms with Gasteiger partial charge in [-0.2, -0.15) is 0 Å². The van der Waals surface area contributed by atoms with E-state index >= 15 is 0 Å². The topological polar surface area (TPSA) is 37.4 Å². The summed E-state index contributed by atoms with van der Waals surface area (Å²) in [4.78, 5) is 0. The van der Waals surface area contributed by atoms with E-state index in [9.17, 15) is 8.42 Å². The van der Waals surface area contributed by atoms with Gasteiger partial charge in [0.15, 0.2) is 0 Å². The van der Waals surface area contributed by atoms with Crippen molar-refractivity contribution in [2.45, 2.75) is 12.8 Å². The maximum atomic E-state index is 11.1. The van der Waals surface area contributed by atoms with Crippen molar-refractivity contribution >= 4 is 10.0 Å². The summed E-state index contributed by atoms with van der Waals surface area (Å²) in [6.45, 7) is 0.577. The summed E-state index contributed by atoms with van der Waals surface area (Å²) in [7, 11) is -1.41. The van der Waals surface area contributed by atoms with Crippen molar-refractivity contribution in [2.75, 3.05) is 19.8 Å². The molecule has 0 aliphatic carbocycles. The first kappa shape index (κ1) is 12.2. The minimum absolute atomic E-state index is 0.577. The fraction of sp³-hybridized carbons (Fsp3) is 0.455. The second-order valence-electron chi connectivity index (χ2n) is 3.67. The molecule has 0 saturated carbocycles. The molecule has 0 aromatic heterocycles. The third-order valence-corrected chi connectivity index (χ3v) is 3.66. The molecule has 1 aromatic rings. The molecular weight excluding hydrogens is 210 g/mol. The van der Waals surface area contributed by atoms with Gasteiger partial charge in [-0.1, -0.05) is 30.3 Å². The summed E-state index contributed by atoms with van der Waals surface area (Å²) in [6.07, 6.45) is 3.00. The zero-order valence-electron chi connectivity index (χ0n) is 9.18. The van der Waals surface area contributed by atoms with E-state index in [1.807, 2.05) is 18.2 Å². The Balaban J connectivity index is 2.35. The molecule has 84 valence electrons. The molecule has 0 spiro atoms. The molecule has 4 heteroatoms. The van der Waals surface area contributed by atoms with Crippen molar-refractivity contribution < 1.29 is 8.42 Å². The fourth-order valence-electron chi connectivity index (χ4n) is 1.32. The van der Waals surface area contributed by atoms with Gasteiger partial charge in [0, 0.05) is 13.6 Å². The highest BCUT2D eigenvalue weighted by Crippen LogP contribution is 2.04. The molecule has 0 unspecified atom stereocenters. The maximum Gasteiger partial charge on any atom is 0.210 e. The summed E-state index contributed by atoms with van der Waals surface area (Å²) in [5, 5.41) is 0. The van der Waals surface area contributed by atoms with Gasteiger partial charge in [-0.3, -0.25) is 0 Å². The average Bonchev–Trinajstić information content (AvgIpc) is 2.18. The normalized spacial score (nSPS) is 11.9. The number of rotatable bonds is 5. The van der Waals surface area contributed by atoms with Crippen LogP contribution in [0.1, 0.15) is 12.0 Å². The minimum Gasteiger partial charge on any atom is -0.213 e. The Kier molecular flexibility index (Phi) is 4.29. The Hall–Kier alpha value is -0.870. The lowest BCUT2D eigenvalue weighted by Gasteiger charge is -2.13. The van der Waals surface area contributed by atoms with Gasteiger partial charge < -0.3 is 0 Å². The van der Waals surface area contributed by atoms with Crippen LogP contribution < -0.4 is 0 Å². The molecule has 15 heavy (non-hydrogen) atoms. The second-order valence-corrected chi connectivity index (χ2v) is 5.76. The number of benzene rings is 1. The minimum atomic E-state index is -3.02. The van der Waals surface area contributed by atoms with Gasteiger partial charge in [-0.05, 0) is 18.4 Å². The summed E-state index contributed by atoms with van der Waals surface area (Å²) in [5.74, 6) is 0. The van der Waals surface area contributed by atoms with Crippen molar-refractivity contribution in [3.05, 3.63) is 35.9 Å². The first-order valence-corrected chi connectivity index (χ1v) is 6.80. The van der Waals surface area contributed by atoms with E-state index in [1.54, 1.807) is 7.05 Å². The number of hydrogen-bond donors (Lipinski definition) is 0. The number of aryl methyl sites for hydroxylation is 1. The van der Waals surface area contributed by atoms with Gasteiger partial charge in [0.05, 0.1) is 6.26 Å². The molecule has 0 fully saturated rings. The summed E-state index contributed by atoms with van der Waals surface area (Å²) in [5.41, 5.74) is 1.25. The number of hydrogen-bond acceptors (Lipinski definition) is 2. The van der Waals surface area contributed by atoms with Crippen molar-refractivity contribution in [3.8, 4) is 0 Å². The molecule has 1 rings (SSSR count). The Labute approximate surface area is 91.8 Å². The van der Waals surface area contributed by atoms with E-state index in [4.69, 9.17) is 0 Å². The largest absolute Gasteiger partial charge is 0.213 e. The van der Waals surface area contributed by atoms with E-state index in [-0.39, 0.29) is 0 Å². The standard InChI is InChI=1S/C11H17NO2S/c1-12(15(2,13)14)10-6-9-11-7-4-3-5-8-11/h3-5,7-8H,6,9-10H2,1-2H3. The lowest BCUT2D eigenvalue weighted by atomic mass is 10.1. The van der Waals surface area contributed by atoms with Crippen molar-refractivity contribution in [3.63, 3.8) is 0 Å². The predicted octanol–water partition coefficient (Wildman–Crippen LogP) is 1.51. The molecular formula is C11H17NO2S. The highest BCUT2D eigenvalue weighted by atomic mass is 32.2. The van der Waals surface area contributed by atoms with Crippen LogP contribution in [0, 0.1) is 0 Å². The van der Waals surface area contributed by atoms with Gasteiger partial charge in [-0.15, -0.1) is 0 Å². The lowest BCUT2D eigenvalue weighted by molar-refractivity contribution is 0.466. The van der Waals surface area contributed by atoms with Crippen LogP contribution in [0.5, 0.6) is 0 Å². The van der Waals surface area contributed by atoms with E-state index < -0.39 is 10.0 Å². The van der Waals surface area contributed by atoms with E-state index in [1.165, 1.54) is 16.1 Å². The molecule has 0 N–H and O–H groups in total. The van der Waals surface area contributed by atoms with Gasteiger partial charge in [0.25, 0.3) is 0 Å². The first-order chi connectivity index (χ1) is 7.00. The Morgan fingerprint density at radius 1 is 1.20 bits per heavy atom. The molecule has 3 nitrogen and oxygen atoms in total. The predicted molar refractivity (Wildman–Crippen MR) is 62.2 cm³/mol. The van der Waals surface area contributed by atoms with Gasteiger partial charge in [0.1, 0.15) is 0 Å². The average molecular weight is 227 g/mol. The Bertz CT molecular complexity index is 386. The molecule has 1 aromatic carbocycles. The Morgan fingerprint density at radius 3 is 2.33 bits per heavy atom. The highest BCUT2D eigenvalue weighted by Gasteiger charge is 2.09. The molecule has 0 aliphatic heterocycles. The fourth-order valence-corrected chi connectivity index (χ4v) is 1.78. The molecule has 0 amide bonds. The van der Waals surface area contributed by atoms with E-state index in [0.29, 0.717) is 6.54 Å². The zero-order chi connectivity index (χ0) is 11.3. The monoisotopic (exact) mass is 227 g/mol. The zero-order valence-corrected chi connectivity index (χ0v) is 10.00. The van der Waals surface area contributed by atoms with Crippen LogP contribution in [-0.2, 0) is 16.4 Å². The molecule has 0 radical (unpaired) electrons. The van der Waals surface area contributed by atoms with Crippen LogP contribution in [0.15, 0.2) is 30.3 Å². The first-order valence-electron chi connectivity index (χ1n) is 4.95. The third kappa shape index (κ3) is 4.44. The lowest BCUT2D eigenvalue weighted by Crippen LogP contribution is -2.26. The highest BCUT2D eigenvalue weighted by molar-refractivity contribution is 7.88. The molecule has 0 atom stereocenters. The molecule has 0 aliphatic rings. The van der Waals surface area contributed by atoms with Crippen molar-refractivity contribution in [1.29, 1.82) is 0 Å². The summed E-state index contributed by atoms with van der Waals surface area (Å²) in [6, 6.07) is 10.1. The van der Waals surface area contributed by atoms with Gasteiger partial charge >= 0.3 is 0 Å². The van der Waals surface area contributed by atoms with E-state index in [0.717, 1.165) is 12.8 Å². The smallest absolute Gasteiger partial charge is 0.210 e. The van der Waals surface area contributed by atoms with Crippen LogP contribution >= 0.6 is 0 Å². The summed E-state index contributed by atoms with van der Waals surface area (Å²) >= 11 is 0. The second kappa shape index (κ2) is 5.28. The Morgan fingerprint density at radius 2 is 1.80 bits per heavy atom. The van der Waals surface area contributed by atoms with Crippen LogP contribution in [0.3, 0.4) is 0 Å². The third-order valence-electron chi connectivity index (χ3n) is 2.35. The number of nitrogens with zero attached hydrogens (tertiary/aromatic N) is 1. The van der Waals surface area contributed by atoms with Crippen LogP contribution in [0.2, 0.25) is 0 Å². The molecule has 0 heterocycles. The molecule has 0 saturated heterocycles. The van der Waals surface area contributed by atoms with E-state index in [2.05, 4.69) is 12.1 Å². The quantitative estimate of drug-likeness (QED) is 0.764. The van der Waals surface area contributed by atoms with Crippen LogP contribution in [-0.4, -0.2) is 32.6 Å². The summed E-state index contributed by atoms with van der Waals surface area (Å²) < 4.78 is 23.6. The maximum absolute atomic E-state index is 11.1. The van der Waals surface area contributed by atoms with Crippen molar-refractivity contribution in [2.24, 2.45) is 0 Å². The van der Waals surface area contributed by atoms with Crippen LogP contribution in [0.25, 0.3) is 0 Å². The number of sulfonamides is 1. The van der Waals surface area contributed by atoms with Crippen LogP contribution in [0.4, 0.5) is 0 Å². The van der Waals surface area contributed by atoms with Gasteiger partial charge in [-0.25, -0.2) is 12.7 Å². The van der Waals surface area contributed by atoms with Gasteiger partial charge in [0.2, 0.25) is 10.0 Å². The molecule has 0 bridgehead atoms.